The molecule has 0 bridgehead atoms. The minimum absolute atomic E-state index is 0.0672. The SMILES string of the molecule is COc1cccc(C(=O)N2CCCN(C(=O)COc3ccc(Cl)cc3Cl)CC2)c1. The van der Waals surface area contributed by atoms with Crippen LogP contribution in [0.3, 0.4) is 0 Å². The van der Waals surface area contributed by atoms with Crippen molar-refractivity contribution in [3.63, 3.8) is 0 Å². The summed E-state index contributed by atoms with van der Waals surface area (Å²) < 4.78 is 10.7. The standard InChI is InChI=1S/C21H22Cl2N2O4/c1-28-17-5-2-4-15(12-17)21(27)25-9-3-8-24(10-11-25)20(26)14-29-19-7-6-16(22)13-18(19)23/h2,4-7,12-13H,3,8-11,14H2,1H3. The third-order valence-corrected chi connectivity index (χ3v) is 5.23. The number of carbonyl (C=O) groups is 2. The van der Waals surface area contributed by atoms with Crippen LogP contribution in [0, 0.1) is 0 Å². The maximum absolute atomic E-state index is 12.8. The van der Waals surface area contributed by atoms with Crippen molar-refractivity contribution in [3.8, 4) is 11.5 Å². The van der Waals surface area contributed by atoms with Crippen LogP contribution in [0.2, 0.25) is 10.0 Å². The first-order valence-electron chi connectivity index (χ1n) is 9.27. The third-order valence-electron chi connectivity index (χ3n) is 4.70. The first-order valence-corrected chi connectivity index (χ1v) is 10.0. The topological polar surface area (TPSA) is 59.1 Å². The van der Waals surface area contributed by atoms with Crippen molar-refractivity contribution in [2.45, 2.75) is 6.42 Å². The van der Waals surface area contributed by atoms with Crippen molar-refractivity contribution in [2.75, 3.05) is 39.9 Å². The summed E-state index contributed by atoms with van der Waals surface area (Å²) in [5, 5.41) is 0.859. The average molecular weight is 437 g/mol. The first kappa shape index (κ1) is 21.3. The van der Waals surface area contributed by atoms with E-state index in [0.717, 1.165) is 0 Å². The highest BCUT2D eigenvalue weighted by molar-refractivity contribution is 6.35. The van der Waals surface area contributed by atoms with Crippen molar-refractivity contribution < 1.29 is 19.1 Å². The van der Waals surface area contributed by atoms with Crippen molar-refractivity contribution >= 4 is 35.0 Å². The van der Waals surface area contributed by atoms with E-state index in [1.54, 1.807) is 59.4 Å². The van der Waals surface area contributed by atoms with Crippen LogP contribution in [0.4, 0.5) is 0 Å². The minimum Gasteiger partial charge on any atom is -0.497 e. The summed E-state index contributed by atoms with van der Waals surface area (Å²) in [7, 11) is 1.57. The quantitative estimate of drug-likeness (QED) is 0.715. The first-order chi connectivity index (χ1) is 14.0. The van der Waals surface area contributed by atoms with E-state index in [0.29, 0.717) is 59.7 Å². The summed E-state index contributed by atoms with van der Waals surface area (Å²) in [6.07, 6.45) is 0.698. The molecule has 8 heteroatoms. The van der Waals surface area contributed by atoms with Crippen molar-refractivity contribution in [3.05, 3.63) is 58.1 Å². The molecule has 29 heavy (non-hydrogen) atoms. The zero-order valence-electron chi connectivity index (χ0n) is 16.1. The summed E-state index contributed by atoms with van der Waals surface area (Å²) in [6.45, 7) is 1.95. The van der Waals surface area contributed by atoms with Crippen LogP contribution in [0.15, 0.2) is 42.5 Å². The molecular weight excluding hydrogens is 415 g/mol. The fraction of sp³-hybridized carbons (Fsp3) is 0.333. The maximum Gasteiger partial charge on any atom is 0.260 e. The summed E-state index contributed by atoms with van der Waals surface area (Å²) in [6, 6.07) is 11.9. The Morgan fingerprint density at radius 1 is 1.00 bits per heavy atom. The molecule has 0 saturated carbocycles. The molecule has 1 aliphatic rings. The van der Waals surface area contributed by atoms with E-state index in [1.807, 2.05) is 0 Å². The fourth-order valence-corrected chi connectivity index (χ4v) is 3.59. The van der Waals surface area contributed by atoms with Gasteiger partial charge in [-0.25, -0.2) is 0 Å². The van der Waals surface area contributed by atoms with Gasteiger partial charge >= 0.3 is 0 Å². The lowest BCUT2D eigenvalue weighted by Gasteiger charge is -2.22. The number of carbonyl (C=O) groups excluding carboxylic acids is 2. The molecule has 0 N–H and O–H groups in total. The molecule has 3 rings (SSSR count). The van der Waals surface area contributed by atoms with E-state index in [1.165, 1.54) is 0 Å². The number of amides is 2. The van der Waals surface area contributed by atoms with Gasteiger partial charge in [-0.2, -0.15) is 0 Å². The Morgan fingerprint density at radius 2 is 1.76 bits per heavy atom. The molecule has 2 aromatic carbocycles. The summed E-state index contributed by atoms with van der Waals surface area (Å²) >= 11 is 11.9. The van der Waals surface area contributed by atoms with Gasteiger partial charge in [0.05, 0.1) is 12.1 Å². The largest absolute Gasteiger partial charge is 0.497 e. The highest BCUT2D eigenvalue weighted by Gasteiger charge is 2.23. The summed E-state index contributed by atoms with van der Waals surface area (Å²) in [4.78, 5) is 28.8. The molecule has 1 saturated heterocycles. The Hall–Kier alpha value is -2.44. The molecule has 0 unspecified atom stereocenters. The van der Waals surface area contributed by atoms with Crippen LogP contribution < -0.4 is 9.47 Å². The van der Waals surface area contributed by atoms with Gasteiger partial charge < -0.3 is 19.3 Å². The van der Waals surface area contributed by atoms with Crippen LogP contribution in [0.5, 0.6) is 11.5 Å². The van der Waals surface area contributed by atoms with Crippen molar-refractivity contribution in [1.29, 1.82) is 0 Å². The fourth-order valence-electron chi connectivity index (χ4n) is 3.13. The number of hydrogen-bond acceptors (Lipinski definition) is 4. The highest BCUT2D eigenvalue weighted by atomic mass is 35.5. The Morgan fingerprint density at radius 3 is 2.52 bits per heavy atom. The van der Waals surface area contributed by atoms with E-state index in [4.69, 9.17) is 32.7 Å². The number of ether oxygens (including phenoxy) is 2. The number of methoxy groups -OCH3 is 1. The lowest BCUT2D eigenvalue weighted by molar-refractivity contribution is -0.133. The maximum atomic E-state index is 12.8. The van der Waals surface area contributed by atoms with Gasteiger partial charge in [-0.15, -0.1) is 0 Å². The van der Waals surface area contributed by atoms with Crippen LogP contribution in [-0.2, 0) is 4.79 Å². The normalized spacial score (nSPS) is 14.3. The molecular formula is C21H22Cl2N2O4. The number of hydrogen-bond donors (Lipinski definition) is 0. The molecule has 0 aliphatic carbocycles. The molecule has 2 aromatic rings. The Balaban J connectivity index is 1.56. The third kappa shape index (κ3) is 5.55. The van der Waals surface area contributed by atoms with Gasteiger partial charge in [-0.1, -0.05) is 29.3 Å². The molecule has 154 valence electrons. The zero-order chi connectivity index (χ0) is 20.8. The van der Waals surface area contributed by atoms with E-state index >= 15 is 0 Å². The van der Waals surface area contributed by atoms with Gasteiger partial charge in [0, 0.05) is 36.8 Å². The molecule has 0 radical (unpaired) electrons. The minimum atomic E-state index is -0.147. The second kappa shape index (κ2) is 9.85. The van der Waals surface area contributed by atoms with Gasteiger partial charge in [-0.3, -0.25) is 9.59 Å². The van der Waals surface area contributed by atoms with Crippen LogP contribution >= 0.6 is 23.2 Å². The van der Waals surface area contributed by atoms with Gasteiger partial charge in [-0.05, 0) is 42.8 Å². The summed E-state index contributed by atoms with van der Waals surface area (Å²) in [5.41, 5.74) is 0.574. The second-order valence-electron chi connectivity index (χ2n) is 6.62. The molecule has 0 atom stereocenters. The molecule has 1 fully saturated rings. The average Bonchev–Trinajstić information content (AvgIpc) is 2.99. The van der Waals surface area contributed by atoms with Gasteiger partial charge in [0.1, 0.15) is 11.5 Å². The van der Waals surface area contributed by atoms with Crippen molar-refractivity contribution in [2.24, 2.45) is 0 Å². The van der Waals surface area contributed by atoms with Gasteiger partial charge in [0.25, 0.3) is 11.8 Å². The van der Waals surface area contributed by atoms with Crippen LogP contribution in [0.1, 0.15) is 16.8 Å². The molecule has 0 spiro atoms. The lowest BCUT2D eigenvalue weighted by atomic mass is 10.2. The van der Waals surface area contributed by atoms with E-state index in [-0.39, 0.29) is 18.4 Å². The predicted octanol–water partition coefficient (Wildman–Crippen LogP) is 3.76. The number of rotatable bonds is 5. The van der Waals surface area contributed by atoms with Crippen molar-refractivity contribution in [1.82, 2.24) is 9.80 Å². The van der Waals surface area contributed by atoms with Crippen LogP contribution in [0.25, 0.3) is 0 Å². The predicted molar refractivity (Wildman–Crippen MR) is 112 cm³/mol. The molecule has 0 aromatic heterocycles. The summed E-state index contributed by atoms with van der Waals surface area (Å²) in [5.74, 6) is 0.837. The Kier molecular flexibility index (Phi) is 7.23. The highest BCUT2D eigenvalue weighted by Crippen LogP contribution is 2.27. The van der Waals surface area contributed by atoms with Gasteiger partial charge in [0.15, 0.2) is 6.61 Å². The van der Waals surface area contributed by atoms with E-state index < -0.39 is 0 Å². The van der Waals surface area contributed by atoms with Crippen LogP contribution in [-0.4, -0.2) is 61.5 Å². The number of nitrogens with zero attached hydrogens (tertiary/aromatic N) is 2. The number of benzene rings is 2. The molecule has 2 amide bonds. The van der Waals surface area contributed by atoms with E-state index in [9.17, 15) is 9.59 Å². The lowest BCUT2D eigenvalue weighted by Crippen LogP contribution is -2.39. The smallest absolute Gasteiger partial charge is 0.260 e. The zero-order valence-corrected chi connectivity index (χ0v) is 17.6. The molecule has 1 aliphatic heterocycles. The van der Waals surface area contributed by atoms with E-state index in [2.05, 4.69) is 0 Å². The Bertz CT molecular complexity index is 891. The molecule has 1 heterocycles. The monoisotopic (exact) mass is 436 g/mol. The Labute approximate surface area is 179 Å². The molecule has 6 nitrogen and oxygen atoms in total. The number of halogens is 2. The second-order valence-corrected chi connectivity index (χ2v) is 7.47. The van der Waals surface area contributed by atoms with Gasteiger partial charge in [0.2, 0.25) is 0 Å².